The van der Waals surface area contributed by atoms with Crippen molar-refractivity contribution in [2.45, 2.75) is 19.2 Å². The number of nitrogens with zero attached hydrogens (tertiary/aromatic N) is 4. The van der Waals surface area contributed by atoms with Crippen LogP contribution in [0.3, 0.4) is 0 Å². The Balaban J connectivity index is 1.89. The Kier molecular flexibility index (Phi) is 4.91. The average molecular weight is 421 g/mol. The van der Waals surface area contributed by atoms with Gasteiger partial charge in [-0.2, -0.15) is 18.2 Å². The largest absolute Gasteiger partial charge is 0.461 e. The molecule has 0 aliphatic carbocycles. The number of hydrazine groups is 1. The molecule has 1 aromatic rings. The first-order valence-electron chi connectivity index (χ1n) is 7.83. The van der Waals surface area contributed by atoms with Gasteiger partial charge >= 0.3 is 12.1 Å². The molecule has 1 saturated heterocycles. The lowest BCUT2D eigenvalue weighted by Gasteiger charge is -2.28. The Bertz CT molecular complexity index is 891. The highest BCUT2D eigenvalue weighted by Crippen LogP contribution is 2.36. The number of esters is 1. The number of halogens is 4. The number of anilines is 1. The zero-order valence-electron chi connectivity index (χ0n) is 14.4. The van der Waals surface area contributed by atoms with Crippen LogP contribution in [0.25, 0.3) is 0 Å². The van der Waals surface area contributed by atoms with E-state index in [1.807, 2.05) is 0 Å². The molecular formula is C15H12ClF3N4O5. The van der Waals surface area contributed by atoms with Crippen molar-refractivity contribution in [2.24, 2.45) is 11.1 Å². The second kappa shape index (κ2) is 6.93. The SMILES string of the molecule is CCOC(=O)C1=NOC2C(=O)N(N(C)c3ncc(C(F)(F)F)cc3Cl)C(=O)C12. The third-order valence-electron chi connectivity index (χ3n) is 4.03. The molecule has 0 saturated carbocycles. The maximum atomic E-state index is 12.8. The maximum Gasteiger partial charge on any atom is 0.417 e. The molecule has 0 bridgehead atoms. The summed E-state index contributed by atoms with van der Waals surface area (Å²) in [5.41, 5.74) is -1.46. The van der Waals surface area contributed by atoms with E-state index in [2.05, 4.69) is 10.1 Å². The number of hydrogen-bond donors (Lipinski definition) is 0. The second-order valence-corrected chi connectivity index (χ2v) is 6.15. The third-order valence-corrected chi connectivity index (χ3v) is 4.31. The molecule has 2 unspecified atom stereocenters. The molecule has 2 amide bonds. The van der Waals surface area contributed by atoms with Crippen LogP contribution in [-0.4, -0.2) is 53.2 Å². The van der Waals surface area contributed by atoms with Gasteiger partial charge in [0.2, 0.25) is 6.10 Å². The number of oxime groups is 1. The smallest absolute Gasteiger partial charge is 0.417 e. The van der Waals surface area contributed by atoms with Gasteiger partial charge in [0.25, 0.3) is 11.8 Å². The summed E-state index contributed by atoms with van der Waals surface area (Å²) < 4.78 is 43.1. The Morgan fingerprint density at radius 2 is 2.07 bits per heavy atom. The van der Waals surface area contributed by atoms with E-state index < -0.39 is 46.6 Å². The van der Waals surface area contributed by atoms with Gasteiger partial charge in [-0.15, -0.1) is 0 Å². The fraction of sp³-hybridized carbons (Fsp3) is 0.400. The number of hydrogen-bond acceptors (Lipinski definition) is 8. The van der Waals surface area contributed by atoms with E-state index in [0.717, 1.165) is 5.01 Å². The van der Waals surface area contributed by atoms with Crippen molar-refractivity contribution in [1.29, 1.82) is 0 Å². The van der Waals surface area contributed by atoms with Crippen LogP contribution in [0.5, 0.6) is 0 Å². The van der Waals surface area contributed by atoms with E-state index in [4.69, 9.17) is 21.2 Å². The Hall–Kier alpha value is -2.89. The minimum absolute atomic E-state index is 0.0199. The quantitative estimate of drug-likeness (QED) is 0.536. The van der Waals surface area contributed by atoms with Gasteiger partial charge in [-0.3, -0.25) is 14.6 Å². The molecule has 2 aliphatic heterocycles. The molecule has 3 heterocycles. The molecule has 0 spiro atoms. The van der Waals surface area contributed by atoms with Crippen molar-refractivity contribution in [3.63, 3.8) is 0 Å². The maximum absolute atomic E-state index is 12.8. The molecule has 0 radical (unpaired) electrons. The Morgan fingerprint density at radius 1 is 1.39 bits per heavy atom. The van der Waals surface area contributed by atoms with Crippen molar-refractivity contribution in [1.82, 2.24) is 9.99 Å². The van der Waals surface area contributed by atoms with Gasteiger partial charge in [0.05, 0.1) is 17.2 Å². The molecule has 9 nitrogen and oxygen atoms in total. The number of fused-ring (bicyclic) bond motifs is 1. The van der Waals surface area contributed by atoms with Gasteiger partial charge in [-0.25, -0.2) is 9.78 Å². The summed E-state index contributed by atoms with van der Waals surface area (Å²) in [6, 6.07) is 0.619. The summed E-state index contributed by atoms with van der Waals surface area (Å²) in [5, 5.41) is 4.49. The molecule has 0 aromatic carbocycles. The molecule has 3 rings (SSSR count). The van der Waals surface area contributed by atoms with Crippen molar-refractivity contribution < 1.29 is 37.1 Å². The lowest BCUT2D eigenvalue weighted by Crippen LogP contribution is -2.46. The Labute approximate surface area is 160 Å². The average Bonchev–Trinajstić information content (AvgIpc) is 3.14. The number of pyridine rings is 1. The standard InChI is InChI=1S/C15H12ClF3N4O5/c1-3-27-14(26)9-8-10(28-21-9)13(25)23(12(8)24)22(2)11-7(16)4-6(5-20-11)15(17,18)19/h4-5,8,10H,3H2,1-2H3. The first kappa shape index (κ1) is 19.9. The Morgan fingerprint density at radius 3 is 2.64 bits per heavy atom. The first-order chi connectivity index (χ1) is 13.1. The van der Waals surface area contributed by atoms with Crippen LogP contribution in [0, 0.1) is 5.92 Å². The number of rotatable bonds is 4. The molecule has 2 aliphatic rings. The van der Waals surface area contributed by atoms with Crippen LogP contribution in [-0.2, 0) is 30.1 Å². The van der Waals surface area contributed by atoms with Crippen LogP contribution < -0.4 is 5.01 Å². The lowest BCUT2D eigenvalue weighted by molar-refractivity contribution is -0.143. The fourth-order valence-electron chi connectivity index (χ4n) is 2.75. The zero-order chi connectivity index (χ0) is 20.8. The van der Waals surface area contributed by atoms with E-state index >= 15 is 0 Å². The predicted octanol–water partition coefficient (Wildman–Crippen LogP) is 1.41. The van der Waals surface area contributed by atoms with E-state index in [0.29, 0.717) is 17.3 Å². The third kappa shape index (κ3) is 3.13. The summed E-state index contributed by atoms with van der Waals surface area (Å²) in [6.07, 6.45) is -5.53. The number of alkyl halides is 3. The van der Waals surface area contributed by atoms with Crippen LogP contribution >= 0.6 is 11.6 Å². The highest BCUT2D eigenvalue weighted by Gasteiger charge is 2.59. The summed E-state index contributed by atoms with van der Waals surface area (Å²) in [6.45, 7) is 1.57. The summed E-state index contributed by atoms with van der Waals surface area (Å²) >= 11 is 5.86. The van der Waals surface area contributed by atoms with E-state index in [1.165, 1.54) is 7.05 Å². The van der Waals surface area contributed by atoms with Gasteiger partial charge < -0.3 is 9.57 Å². The number of amides is 2. The minimum atomic E-state index is -4.66. The van der Waals surface area contributed by atoms with E-state index in [1.54, 1.807) is 6.92 Å². The summed E-state index contributed by atoms with van der Waals surface area (Å²) in [7, 11) is 1.21. The molecule has 28 heavy (non-hydrogen) atoms. The van der Waals surface area contributed by atoms with Crippen molar-refractivity contribution in [3.05, 3.63) is 22.8 Å². The number of aromatic nitrogens is 1. The van der Waals surface area contributed by atoms with Gasteiger partial charge in [0.15, 0.2) is 11.5 Å². The fourth-order valence-corrected chi connectivity index (χ4v) is 3.04. The van der Waals surface area contributed by atoms with Crippen molar-refractivity contribution >= 4 is 40.9 Å². The summed E-state index contributed by atoms with van der Waals surface area (Å²) in [5.74, 6) is -4.27. The number of imide groups is 1. The molecule has 1 aromatic heterocycles. The minimum Gasteiger partial charge on any atom is -0.461 e. The topological polar surface area (TPSA) is 101 Å². The van der Waals surface area contributed by atoms with Gasteiger partial charge in [-0.1, -0.05) is 16.8 Å². The number of carbonyl (C=O) groups is 3. The molecule has 2 atom stereocenters. The van der Waals surface area contributed by atoms with Crippen LogP contribution in [0.1, 0.15) is 12.5 Å². The van der Waals surface area contributed by atoms with Crippen molar-refractivity contribution in [2.75, 3.05) is 18.7 Å². The number of carbonyl (C=O) groups excluding carboxylic acids is 3. The molecule has 13 heteroatoms. The monoisotopic (exact) mass is 420 g/mol. The zero-order valence-corrected chi connectivity index (χ0v) is 15.1. The summed E-state index contributed by atoms with van der Waals surface area (Å²) in [4.78, 5) is 45.7. The normalized spacial score (nSPS) is 21.4. The van der Waals surface area contributed by atoms with Crippen LogP contribution in [0.2, 0.25) is 5.02 Å². The van der Waals surface area contributed by atoms with Crippen LogP contribution in [0.4, 0.5) is 19.0 Å². The van der Waals surface area contributed by atoms with E-state index in [9.17, 15) is 27.6 Å². The lowest BCUT2D eigenvalue weighted by atomic mass is 10.00. The molecule has 150 valence electrons. The predicted molar refractivity (Wildman–Crippen MR) is 86.9 cm³/mol. The highest BCUT2D eigenvalue weighted by atomic mass is 35.5. The number of ether oxygens (including phenoxy) is 1. The second-order valence-electron chi connectivity index (χ2n) is 5.74. The van der Waals surface area contributed by atoms with Gasteiger partial charge in [0.1, 0.15) is 5.92 Å². The molecule has 1 fully saturated rings. The first-order valence-corrected chi connectivity index (χ1v) is 8.20. The van der Waals surface area contributed by atoms with Crippen LogP contribution in [0.15, 0.2) is 17.4 Å². The van der Waals surface area contributed by atoms with Crippen molar-refractivity contribution in [3.8, 4) is 0 Å². The van der Waals surface area contributed by atoms with Gasteiger partial charge in [0, 0.05) is 13.2 Å². The molecule has 0 N–H and O–H groups in total. The van der Waals surface area contributed by atoms with E-state index in [-0.39, 0.29) is 18.1 Å². The molecular weight excluding hydrogens is 409 g/mol. The van der Waals surface area contributed by atoms with Gasteiger partial charge in [-0.05, 0) is 13.0 Å². The highest BCUT2D eigenvalue weighted by molar-refractivity contribution is 6.43.